The Labute approximate surface area is 116 Å². The molecule has 20 heavy (non-hydrogen) atoms. The van der Waals surface area contributed by atoms with E-state index in [1.54, 1.807) is 12.4 Å². The lowest BCUT2D eigenvalue weighted by atomic mass is 9.75. The van der Waals surface area contributed by atoms with E-state index in [1.807, 2.05) is 23.7 Å². The van der Waals surface area contributed by atoms with Gasteiger partial charge in [0.1, 0.15) is 12.2 Å². The molecule has 3 rings (SSSR count). The molecule has 2 N–H and O–H groups in total. The summed E-state index contributed by atoms with van der Waals surface area (Å²) in [7, 11) is 1.92. The summed E-state index contributed by atoms with van der Waals surface area (Å²) in [4.78, 5) is 0. The van der Waals surface area contributed by atoms with E-state index in [1.165, 1.54) is 0 Å². The normalized spacial score (nSPS) is 16.4. The maximum atomic E-state index is 9.08. The van der Waals surface area contributed by atoms with Gasteiger partial charge in [-0.05, 0) is 23.8 Å². The number of aromatic nitrogens is 3. The first-order valence-electron chi connectivity index (χ1n) is 6.35. The summed E-state index contributed by atoms with van der Waals surface area (Å²) in [6, 6.07) is 7.62. The van der Waals surface area contributed by atoms with E-state index in [0.29, 0.717) is 24.5 Å². The molecule has 0 bridgehead atoms. The van der Waals surface area contributed by atoms with E-state index in [9.17, 15) is 0 Å². The molecular formula is C14H15N5O. The van der Waals surface area contributed by atoms with Crippen molar-refractivity contribution in [3.05, 3.63) is 41.5 Å². The van der Waals surface area contributed by atoms with Gasteiger partial charge < -0.3 is 15.0 Å². The Balaban J connectivity index is 1.99. The van der Waals surface area contributed by atoms with Crippen LogP contribution in [0.3, 0.4) is 0 Å². The lowest BCUT2D eigenvalue weighted by Crippen LogP contribution is -2.49. The summed E-state index contributed by atoms with van der Waals surface area (Å²) in [6.45, 7) is 1.21. The molecule has 0 atom stereocenters. The van der Waals surface area contributed by atoms with Gasteiger partial charge in [-0.2, -0.15) is 5.26 Å². The minimum absolute atomic E-state index is 0.165. The smallest absolute Gasteiger partial charge is 0.133 e. The lowest BCUT2D eigenvalue weighted by Gasteiger charge is -2.41. The van der Waals surface area contributed by atoms with Gasteiger partial charge in [0.05, 0.1) is 24.8 Å². The number of ether oxygens (including phenoxy) is 1. The lowest BCUT2D eigenvalue weighted by molar-refractivity contribution is -0.0611. The van der Waals surface area contributed by atoms with Gasteiger partial charge in [-0.1, -0.05) is 0 Å². The quantitative estimate of drug-likeness (QED) is 0.832. The topological polar surface area (TPSA) is 89.8 Å². The highest BCUT2D eigenvalue weighted by Crippen LogP contribution is 2.36. The summed E-state index contributed by atoms with van der Waals surface area (Å²) in [5.41, 5.74) is 7.93. The molecule has 2 aromatic rings. The molecule has 6 heteroatoms. The summed E-state index contributed by atoms with van der Waals surface area (Å²) in [5.74, 6) is 0.897. The molecule has 0 aliphatic carbocycles. The van der Waals surface area contributed by atoms with Crippen molar-refractivity contribution in [2.24, 2.45) is 7.05 Å². The Morgan fingerprint density at radius 3 is 2.80 bits per heavy atom. The third-order valence-corrected chi connectivity index (χ3v) is 3.76. The van der Waals surface area contributed by atoms with Crippen LogP contribution in [0.1, 0.15) is 17.0 Å². The van der Waals surface area contributed by atoms with Crippen molar-refractivity contribution in [3.63, 3.8) is 0 Å². The highest BCUT2D eigenvalue weighted by molar-refractivity contribution is 5.51. The van der Waals surface area contributed by atoms with E-state index < -0.39 is 0 Å². The summed E-state index contributed by atoms with van der Waals surface area (Å²) >= 11 is 0. The van der Waals surface area contributed by atoms with Gasteiger partial charge in [-0.25, -0.2) is 0 Å². The van der Waals surface area contributed by atoms with Crippen LogP contribution in [0.25, 0.3) is 0 Å². The zero-order valence-corrected chi connectivity index (χ0v) is 11.2. The second-order valence-electron chi connectivity index (χ2n) is 5.26. The van der Waals surface area contributed by atoms with Crippen molar-refractivity contribution in [2.75, 3.05) is 18.9 Å². The Morgan fingerprint density at radius 2 is 2.25 bits per heavy atom. The maximum absolute atomic E-state index is 9.08. The Hall–Kier alpha value is -2.39. The number of aryl methyl sites for hydroxylation is 1. The number of nitrogens with two attached hydrogens (primary N) is 1. The molecule has 1 saturated heterocycles. The summed E-state index contributed by atoms with van der Waals surface area (Å²) in [6.07, 6.45) is 2.40. The molecule has 1 aromatic heterocycles. The number of hydrogen-bond acceptors (Lipinski definition) is 5. The van der Waals surface area contributed by atoms with Crippen LogP contribution in [0.2, 0.25) is 0 Å². The maximum Gasteiger partial charge on any atom is 0.133 e. The molecule has 0 saturated carbocycles. The molecule has 2 heterocycles. The van der Waals surface area contributed by atoms with Gasteiger partial charge in [0.25, 0.3) is 0 Å². The van der Waals surface area contributed by atoms with E-state index >= 15 is 0 Å². The van der Waals surface area contributed by atoms with Gasteiger partial charge >= 0.3 is 0 Å². The van der Waals surface area contributed by atoms with E-state index in [-0.39, 0.29) is 5.41 Å². The van der Waals surface area contributed by atoms with E-state index in [4.69, 9.17) is 15.7 Å². The molecule has 1 aliphatic rings. The first-order valence-corrected chi connectivity index (χ1v) is 6.35. The summed E-state index contributed by atoms with van der Waals surface area (Å²) < 4.78 is 7.31. The number of rotatable bonds is 3. The molecule has 0 spiro atoms. The van der Waals surface area contributed by atoms with Crippen LogP contribution in [0.4, 0.5) is 5.69 Å². The molecule has 102 valence electrons. The van der Waals surface area contributed by atoms with Gasteiger partial charge in [0.2, 0.25) is 0 Å². The molecule has 1 aromatic carbocycles. The summed E-state index contributed by atoms with van der Waals surface area (Å²) in [5, 5.41) is 17.1. The van der Waals surface area contributed by atoms with Crippen LogP contribution in [0, 0.1) is 11.3 Å². The zero-order chi connectivity index (χ0) is 14.2. The van der Waals surface area contributed by atoms with Crippen molar-refractivity contribution < 1.29 is 4.74 Å². The van der Waals surface area contributed by atoms with Gasteiger partial charge in [-0.15, -0.1) is 10.2 Å². The standard InChI is InChI=1S/C14H15N5O/c1-19-9-17-18-13(19)5-14(7-20-8-14)11-2-10(6-15)3-12(16)4-11/h2-4,9H,5,7-8,16H2,1H3. The van der Waals surface area contributed by atoms with Crippen molar-refractivity contribution in [1.29, 1.82) is 5.26 Å². The fourth-order valence-corrected chi connectivity index (χ4v) is 2.51. The van der Waals surface area contributed by atoms with Crippen LogP contribution >= 0.6 is 0 Å². The Kier molecular flexibility index (Phi) is 2.92. The third-order valence-electron chi connectivity index (χ3n) is 3.76. The zero-order valence-electron chi connectivity index (χ0n) is 11.2. The fraction of sp³-hybridized carbons (Fsp3) is 0.357. The average molecular weight is 269 g/mol. The van der Waals surface area contributed by atoms with E-state index in [2.05, 4.69) is 16.3 Å². The third kappa shape index (κ3) is 2.02. The number of hydrogen-bond donors (Lipinski definition) is 1. The predicted octanol–water partition coefficient (Wildman–Crippen LogP) is 0.780. The molecule has 6 nitrogen and oxygen atoms in total. The van der Waals surface area contributed by atoms with Crippen molar-refractivity contribution in [1.82, 2.24) is 14.8 Å². The highest BCUT2D eigenvalue weighted by atomic mass is 16.5. The number of nitrogen functional groups attached to an aromatic ring is 1. The van der Waals surface area contributed by atoms with Crippen molar-refractivity contribution >= 4 is 5.69 Å². The molecule has 1 aliphatic heterocycles. The Morgan fingerprint density at radius 1 is 1.45 bits per heavy atom. The second-order valence-corrected chi connectivity index (χ2v) is 5.26. The molecule has 1 fully saturated rings. The number of anilines is 1. The van der Waals surface area contributed by atoms with Gasteiger partial charge in [0, 0.05) is 24.6 Å². The first-order chi connectivity index (χ1) is 9.63. The second kappa shape index (κ2) is 4.62. The SMILES string of the molecule is Cn1cnnc1CC1(c2cc(N)cc(C#N)c2)COC1. The molecule has 0 amide bonds. The largest absolute Gasteiger partial charge is 0.399 e. The van der Waals surface area contributed by atoms with Crippen LogP contribution < -0.4 is 5.73 Å². The molecule has 0 unspecified atom stereocenters. The average Bonchev–Trinajstić information content (AvgIpc) is 2.78. The minimum Gasteiger partial charge on any atom is -0.399 e. The van der Waals surface area contributed by atoms with Crippen LogP contribution in [-0.4, -0.2) is 28.0 Å². The van der Waals surface area contributed by atoms with Crippen molar-refractivity contribution in [3.8, 4) is 6.07 Å². The predicted molar refractivity (Wildman–Crippen MR) is 72.8 cm³/mol. The Bertz CT molecular complexity index is 681. The van der Waals surface area contributed by atoms with Crippen LogP contribution in [0.15, 0.2) is 24.5 Å². The van der Waals surface area contributed by atoms with Crippen LogP contribution in [0.5, 0.6) is 0 Å². The van der Waals surface area contributed by atoms with Crippen LogP contribution in [-0.2, 0) is 23.6 Å². The first kappa shape index (κ1) is 12.6. The van der Waals surface area contributed by atoms with E-state index in [0.717, 1.165) is 17.8 Å². The molecule has 0 radical (unpaired) electrons. The number of benzene rings is 1. The number of nitrogens with zero attached hydrogens (tertiary/aromatic N) is 4. The fourth-order valence-electron chi connectivity index (χ4n) is 2.51. The van der Waals surface area contributed by atoms with Gasteiger partial charge in [0.15, 0.2) is 0 Å². The minimum atomic E-state index is -0.165. The highest BCUT2D eigenvalue weighted by Gasteiger charge is 2.42. The number of nitriles is 1. The van der Waals surface area contributed by atoms with Gasteiger partial charge in [-0.3, -0.25) is 0 Å². The van der Waals surface area contributed by atoms with Crippen molar-refractivity contribution in [2.45, 2.75) is 11.8 Å². The molecular weight excluding hydrogens is 254 g/mol. The monoisotopic (exact) mass is 269 g/mol.